The molecule has 2 N–H and O–H groups in total. The molecule has 5 heterocycles. The summed E-state index contributed by atoms with van der Waals surface area (Å²) in [6.07, 6.45) is 7.47. The molecule has 1 saturated carbocycles. The molecule has 2 aliphatic rings. The van der Waals surface area contributed by atoms with Crippen LogP contribution in [0, 0.1) is 5.95 Å². The van der Waals surface area contributed by atoms with Crippen molar-refractivity contribution in [3.05, 3.63) is 59.9 Å². The predicted molar refractivity (Wildman–Crippen MR) is 120 cm³/mol. The largest absolute Gasteiger partial charge is 0.329 e. The van der Waals surface area contributed by atoms with Crippen molar-refractivity contribution >= 4 is 28.9 Å². The summed E-state index contributed by atoms with van der Waals surface area (Å²) in [6.45, 7) is 0.693. The first-order valence-corrected chi connectivity index (χ1v) is 11.2. The van der Waals surface area contributed by atoms with Crippen molar-refractivity contribution in [3.8, 4) is 0 Å². The highest BCUT2D eigenvalue weighted by Gasteiger charge is 2.33. The zero-order valence-corrected chi connectivity index (χ0v) is 17.9. The van der Waals surface area contributed by atoms with Crippen LogP contribution in [-0.4, -0.2) is 48.1 Å². The zero-order valence-electron chi connectivity index (χ0n) is 17.9. The van der Waals surface area contributed by atoms with Crippen LogP contribution < -0.4 is 10.2 Å². The van der Waals surface area contributed by atoms with Gasteiger partial charge in [-0.2, -0.15) is 14.5 Å². The molecule has 9 nitrogen and oxygen atoms in total. The number of ketones is 1. The van der Waals surface area contributed by atoms with Crippen molar-refractivity contribution in [1.82, 2.24) is 29.8 Å². The molecule has 33 heavy (non-hydrogen) atoms. The number of nitrogens with one attached hydrogen (secondary N) is 2. The number of aromatic amines is 1. The van der Waals surface area contributed by atoms with Gasteiger partial charge in [0.15, 0.2) is 17.4 Å². The molecule has 10 heteroatoms. The number of pyridine rings is 1. The maximum Gasteiger partial charge on any atom is 0.246 e. The maximum atomic E-state index is 13.1. The van der Waals surface area contributed by atoms with Gasteiger partial charge >= 0.3 is 0 Å². The van der Waals surface area contributed by atoms with Crippen molar-refractivity contribution in [2.75, 3.05) is 16.8 Å². The van der Waals surface area contributed by atoms with Gasteiger partial charge in [0.1, 0.15) is 5.52 Å². The van der Waals surface area contributed by atoms with Gasteiger partial charge in [-0.05, 0) is 49.4 Å². The van der Waals surface area contributed by atoms with E-state index in [0.717, 1.165) is 24.1 Å². The number of hydrogen-bond acceptors (Lipinski definition) is 7. The zero-order chi connectivity index (χ0) is 22.4. The van der Waals surface area contributed by atoms with E-state index < -0.39 is 5.95 Å². The average molecular weight is 446 g/mol. The van der Waals surface area contributed by atoms with E-state index in [1.54, 1.807) is 10.6 Å². The maximum absolute atomic E-state index is 13.1. The summed E-state index contributed by atoms with van der Waals surface area (Å²) in [5, 5.41) is 15.5. The number of Topliss-reactive ketones (excluding diaryl/α,β-unsaturated/α-hetero) is 1. The predicted octanol–water partition coefficient (Wildman–Crippen LogP) is 3.39. The third kappa shape index (κ3) is 3.92. The minimum atomic E-state index is -0.552. The van der Waals surface area contributed by atoms with Gasteiger partial charge in [0.25, 0.3) is 0 Å². The first-order valence-electron chi connectivity index (χ1n) is 11.2. The molecule has 4 aromatic rings. The highest BCUT2D eigenvalue weighted by atomic mass is 19.1. The fraction of sp³-hybridized carbons (Fsp3) is 0.348. The average Bonchev–Trinajstić information content (AvgIpc) is 3.20. The number of carbonyl (C=O) groups is 1. The number of H-pyrrole nitrogens is 1. The second-order valence-corrected chi connectivity index (χ2v) is 8.69. The number of hydrogen-bond donors (Lipinski definition) is 2. The lowest BCUT2D eigenvalue weighted by atomic mass is 10.0. The molecule has 1 aliphatic carbocycles. The Kier molecular flexibility index (Phi) is 4.78. The topological polar surface area (TPSA) is 104 Å². The number of aromatic nitrogens is 6. The van der Waals surface area contributed by atoms with E-state index in [2.05, 4.69) is 25.6 Å². The molecule has 1 atom stereocenters. The van der Waals surface area contributed by atoms with Crippen LogP contribution in [0.15, 0.2) is 42.7 Å². The van der Waals surface area contributed by atoms with E-state index in [-0.39, 0.29) is 18.2 Å². The minimum Gasteiger partial charge on any atom is -0.329 e. The van der Waals surface area contributed by atoms with Gasteiger partial charge < -0.3 is 10.2 Å². The van der Waals surface area contributed by atoms with Gasteiger partial charge in [0, 0.05) is 43.0 Å². The number of rotatable bonds is 7. The fourth-order valence-corrected chi connectivity index (χ4v) is 4.43. The number of carbonyl (C=O) groups excluding carboxylic acids is 1. The molecule has 6 rings (SSSR count). The highest BCUT2D eigenvalue weighted by molar-refractivity contribution is 5.89. The summed E-state index contributed by atoms with van der Waals surface area (Å²) in [5.41, 5.74) is 2.66. The Balaban J connectivity index is 1.27. The van der Waals surface area contributed by atoms with Gasteiger partial charge in [-0.25, -0.2) is 9.50 Å². The molecular weight excluding hydrogens is 423 g/mol. The lowest BCUT2D eigenvalue weighted by Crippen LogP contribution is -2.38. The van der Waals surface area contributed by atoms with Gasteiger partial charge in [-0.1, -0.05) is 6.07 Å². The van der Waals surface area contributed by atoms with E-state index in [1.165, 1.54) is 25.1 Å². The summed E-state index contributed by atoms with van der Waals surface area (Å²) < 4.78 is 14.9. The lowest BCUT2D eigenvalue weighted by Gasteiger charge is -2.24. The third-order valence-electron chi connectivity index (χ3n) is 6.29. The number of nitrogens with zero attached hydrogens (tertiary/aromatic N) is 6. The Morgan fingerprint density at radius 2 is 2.15 bits per heavy atom. The van der Waals surface area contributed by atoms with Crippen LogP contribution in [0.1, 0.15) is 42.9 Å². The molecule has 0 spiro atoms. The Bertz CT molecular complexity index is 1310. The number of anilines is 3. The van der Waals surface area contributed by atoms with Gasteiger partial charge in [-0.15, -0.1) is 5.10 Å². The van der Waals surface area contributed by atoms with Crippen molar-refractivity contribution in [3.63, 3.8) is 0 Å². The SMILES string of the molecule is O=C(Cc1ccc(F)nc1)[C@@H]1CCCN1c1nc(Nc2cc(C3CC3)[nH]n2)c2cccn2n1. The monoisotopic (exact) mass is 446 g/mol. The molecule has 0 unspecified atom stereocenters. The van der Waals surface area contributed by atoms with Gasteiger partial charge in [-0.3, -0.25) is 9.89 Å². The summed E-state index contributed by atoms with van der Waals surface area (Å²) in [4.78, 5) is 23.5. The fourth-order valence-electron chi connectivity index (χ4n) is 4.43. The molecule has 168 valence electrons. The van der Waals surface area contributed by atoms with Crippen LogP contribution >= 0.6 is 0 Å². The summed E-state index contributed by atoms with van der Waals surface area (Å²) in [7, 11) is 0. The second-order valence-electron chi connectivity index (χ2n) is 8.69. The molecule has 0 aromatic carbocycles. The molecule has 1 saturated heterocycles. The first-order chi connectivity index (χ1) is 16.1. The smallest absolute Gasteiger partial charge is 0.246 e. The normalized spacial score (nSPS) is 18.2. The number of halogens is 1. The summed E-state index contributed by atoms with van der Waals surface area (Å²) >= 11 is 0. The second kappa shape index (κ2) is 7.95. The molecule has 1 aliphatic heterocycles. The van der Waals surface area contributed by atoms with Crippen molar-refractivity contribution in [1.29, 1.82) is 0 Å². The van der Waals surface area contributed by atoms with Crippen molar-refractivity contribution in [2.24, 2.45) is 0 Å². The number of fused-ring (bicyclic) bond motifs is 1. The van der Waals surface area contributed by atoms with Crippen LogP contribution in [0.3, 0.4) is 0 Å². The van der Waals surface area contributed by atoms with Gasteiger partial charge in [0.05, 0.1) is 6.04 Å². The highest BCUT2D eigenvalue weighted by Crippen LogP contribution is 2.39. The molecule has 0 bridgehead atoms. The van der Waals surface area contributed by atoms with E-state index in [0.29, 0.717) is 35.6 Å². The van der Waals surface area contributed by atoms with Crippen LogP contribution in [0.25, 0.3) is 5.52 Å². The van der Waals surface area contributed by atoms with Gasteiger partial charge in [0.2, 0.25) is 11.9 Å². The van der Waals surface area contributed by atoms with Crippen LogP contribution in [0.2, 0.25) is 0 Å². The molecular formula is C23H23FN8O. The summed E-state index contributed by atoms with van der Waals surface area (Å²) in [6, 6.07) is 8.42. The van der Waals surface area contributed by atoms with E-state index >= 15 is 0 Å². The van der Waals surface area contributed by atoms with Crippen LogP contribution in [-0.2, 0) is 11.2 Å². The first kappa shape index (κ1) is 19.8. The van der Waals surface area contributed by atoms with E-state index in [4.69, 9.17) is 4.98 Å². The van der Waals surface area contributed by atoms with E-state index in [1.807, 2.05) is 29.3 Å². The standard InChI is InChI=1S/C23H23FN8O/c24-20-8-5-14(13-25-20)11-19(33)17-3-1-9-31(17)23-27-22(18-4-2-10-32(18)30-23)26-21-12-16(28-29-21)15-6-7-15/h2,4-5,8,10,12-13,15,17H,1,3,6-7,9,11H2,(H2,26,27,28,29,30)/t17-/m0/s1. The Labute approximate surface area is 189 Å². The third-order valence-corrected chi connectivity index (χ3v) is 6.29. The Morgan fingerprint density at radius 1 is 1.24 bits per heavy atom. The molecule has 0 amide bonds. The molecule has 2 fully saturated rings. The van der Waals surface area contributed by atoms with E-state index in [9.17, 15) is 9.18 Å². The Morgan fingerprint density at radius 3 is 2.97 bits per heavy atom. The summed E-state index contributed by atoms with van der Waals surface area (Å²) in [5.74, 6) is 1.92. The molecule has 0 radical (unpaired) electrons. The Hall–Kier alpha value is -3.82. The van der Waals surface area contributed by atoms with Crippen LogP contribution in [0.5, 0.6) is 0 Å². The van der Waals surface area contributed by atoms with Crippen LogP contribution in [0.4, 0.5) is 22.0 Å². The quantitative estimate of drug-likeness (QED) is 0.419. The van der Waals surface area contributed by atoms with Crippen molar-refractivity contribution in [2.45, 2.75) is 44.1 Å². The molecule has 4 aromatic heterocycles. The minimum absolute atomic E-state index is 0.0491. The van der Waals surface area contributed by atoms with Crippen molar-refractivity contribution < 1.29 is 9.18 Å². The lowest BCUT2D eigenvalue weighted by molar-refractivity contribution is -0.119.